The number of carboxylic acid groups (broad SMARTS) is 1. The predicted octanol–water partition coefficient (Wildman–Crippen LogP) is 5.38. The van der Waals surface area contributed by atoms with Crippen molar-refractivity contribution in [1.82, 2.24) is 9.38 Å². The quantitative estimate of drug-likeness (QED) is 0.518. The Kier molecular flexibility index (Phi) is 4.31. The van der Waals surface area contributed by atoms with Gasteiger partial charge in [0.05, 0.1) is 11.4 Å². The van der Waals surface area contributed by atoms with E-state index in [4.69, 9.17) is 0 Å². The number of nitrogens with zero attached hydrogens (tertiary/aromatic N) is 2. The number of benzene rings is 2. The molecule has 0 saturated heterocycles. The summed E-state index contributed by atoms with van der Waals surface area (Å²) in [7, 11) is 0. The Balaban J connectivity index is 1.81. The van der Waals surface area contributed by atoms with E-state index in [1.807, 2.05) is 42.6 Å². The van der Waals surface area contributed by atoms with Crippen LogP contribution in [0.15, 0.2) is 60.0 Å². The summed E-state index contributed by atoms with van der Waals surface area (Å²) < 4.78 is 1.77. The first-order valence-electron chi connectivity index (χ1n) is 8.57. The van der Waals surface area contributed by atoms with Gasteiger partial charge < -0.3 is 5.11 Å². The molecule has 0 saturated carbocycles. The molecule has 2 aromatic carbocycles. The van der Waals surface area contributed by atoms with Crippen molar-refractivity contribution >= 4 is 22.3 Å². The molecule has 0 atom stereocenters. The number of aromatic nitrogens is 2. The monoisotopic (exact) mass is 362 g/mol. The lowest BCUT2D eigenvalue weighted by Gasteiger charge is -2.06. The van der Waals surface area contributed by atoms with Crippen molar-refractivity contribution in [2.45, 2.75) is 19.8 Å². The van der Waals surface area contributed by atoms with Crippen molar-refractivity contribution in [1.29, 1.82) is 0 Å². The fourth-order valence-corrected chi connectivity index (χ4v) is 4.11. The number of rotatable bonds is 5. The van der Waals surface area contributed by atoms with Crippen molar-refractivity contribution in [3.05, 3.63) is 71.4 Å². The summed E-state index contributed by atoms with van der Waals surface area (Å²) in [6, 6.07) is 18.4. The topological polar surface area (TPSA) is 54.6 Å². The van der Waals surface area contributed by atoms with Gasteiger partial charge in [0.25, 0.3) is 0 Å². The number of carbonyl (C=O) groups is 1. The molecule has 26 heavy (non-hydrogen) atoms. The third kappa shape index (κ3) is 2.80. The van der Waals surface area contributed by atoms with Crippen LogP contribution < -0.4 is 0 Å². The van der Waals surface area contributed by atoms with E-state index in [-0.39, 0.29) is 5.69 Å². The average molecular weight is 362 g/mol. The highest BCUT2D eigenvalue weighted by molar-refractivity contribution is 7.15. The first-order chi connectivity index (χ1) is 12.7. The number of carboxylic acids is 1. The highest BCUT2D eigenvalue weighted by Crippen LogP contribution is 2.31. The van der Waals surface area contributed by atoms with Crippen molar-refractivity contribution in [3.63, 3.8) is 0 Å². The van der Waals surface area contributed by atoms with Gasteiger partial charge in [-0.3, -0.25) is 4.40 Å². The van der Waals surface area contributed by atoms with Crippen LogP contribution >= 0.6 is 11.3 Å². The fourth-order valence-electron chi connectivity index (χ4n) is 3.20. The zero-order chi connectivity index (χ0) is 18.1. The molecule has 0 unspecified atom stereocenters. The molecule has 4 aromatic rings. The number of imidazole rings is 1. The number of fused-ring (bicyclic) bond motifs is 1. The van der Waals surface area contributed by atoms with Gasteiger partial charge in [-0.15, -0.1) is 11.3 Å². The molecule has 0 fully saturated rings. The average Bonchev–Trinajstić information content (AvgIpc) is 3.21. The van der Waals surface area contributed by atoms with Crippen molar-refractivity contribution in [3.8, 4) is 22.4 Å². The largest absolute Gasteiger partial charge is 0.477 e. The van der Waals surface area contributed by atoms with Crippen LogP contribution in [0.5, 0.6) is 0 Å². The molecule has 4 rings (SSSR count). The number of hydrogen-bond donors (Lipinski definition) is 1. The summed E-state index contributed by atoms with van der Waals surface area (Å²) in [5.41, 5.74) is 5.10. The molecule has 4 nitrogen and oxygen atoms in total. The van der Waals surface area contributed by atoms with Gasteiger partial charge in [-0.1, -0.05) is 67.9 Å². The number of aromatic carboxylic acids is 1. The minimum absolute atomic E-state index is 0.283. The molecule has 0 radical (unpaired) electrons. The van der Waals surface area contributed by atoms with Gasteiger partial charge in [0.15, 0.2) is 10.7 Å². The zero-order valence-electron chi connectivity index (χ0n) is 14.3. The Morgan fingerprint density at radius 2 is 1.69 bits per heavy atom. The van der Waals surface area contributed by atoms with Gasteiger partial charge in [0.1, 0.15) is 0 Å². The zero-order valence-corrected chi connectivity index (χ0v) is 15.2. The van der Waals surface area contributed by atoms with Crippen LogP contribution in [0.3, 0.4) is 0 Å². The highest BCUT2D eigenvalue weighted by atomic mass is 32.1. The molecule has 2 heterocycles. The van der Waals surface area contributed by atoms with Gasteiger partial charge >= 0.3 is 5.97 Å². The Bertz CT molecular complexity index is 1060. The minimum atomic E-state index is -0.929. The van der Waals surface area contributed by atoms with Crippen LogP contribution in [0.2, 0.25) is 0 Å². The molecule has 130 valence electrons. The van der Waals surface area contributed by atoms with Crippen LogP contribution in [0.1, 0.15) is 29.5 Å². The molecule has 0 spiro atoms. The van der Waals surface area contributed by atoms with Gasteiger partial charge in [-0.2, -0.15) is 0 Å². The Hall–Kier alpha value is -2.92. The summed E-state index contributed by atoms with van der Waals surface area (Å²) >= 11 is 1.48. The van der Waals surface area contributed by atoms with Crippen LogP contribution in [-0.2, 0) is 6.42 Å². The maximum Gasteiger partial charge on any atom is 0.354 e. The summed E-state index contributed by atoms with van der Waals surface area (Å²) in [6.07, 6.45) is 1.54. The maximum absolute atomic E-state index is 11.8. The van der Waals surface area contributed by atoms with Crippen molar-refractivity contribution in [2.24, 2.45) is 0 Å². The van der Waals surface area contributed by atoms with Gasteiger partial charge in [0, 0.05) is 5.38 Å². The van der Waals surface area contributed by atoms with E-state index < -0.39 is 5.97 Å². The molecule has 0 amide bonds. The molecular weight excluding hydrogens is 344 g/mol. The molecule has 0 aliphatic rings. The maximum atomic E-state index is 11.8. The van der Waals surface area contributed by atoms with E-state index in [2.05, 4.69) is 29.2 Å². The van der Waals surface area contributed by atoms with Crippen LogP contribution in [0.25, 0.3) is 27.3 Å². The predicted molar refractivity (Wildman–Crippen MR) is 105 cm³/mol. The smallest absolute Gasteiger partial charge is 0.354 e. The Morgan fingerprint density at radius 3 is 2.35 bits per heavy atom. The standard InChI is InChI=1S/C21H18N2O2S/c1-2-6-17-19(20(24)25)23-18(13-26-21(23)22-17)16-11-9-15(10-12-16)14-7-4-3-5-8-14/h3-5,7-13H,2,6H2,1H3,(H,24,25). The van der Waals surface area contributed by atoms with Gasteiger partial charge in [-0.25, -0.2) is 9.78 Å². The lowest BCUT2D eigenvalue weighted by molar-refractivity contribution is 0.0688. The molecule has 1 N–H and O–H groups in total. The van der Waals surface area contributed by atoms with E-state index >= 15 is 0 Å². The number of thiazole rings is 1. The molecule has 0 aliphatic heterocycles. The minimum Gasteiger partial charge on any atom is -0.477 e. The van der Waals surface area contributed by atoms with E-state index in [1.54, 1.807) is 4.40 Å². The normalized spacial score (nSPS) is 11.1. The first-order valence-corrected chi connectivity index (χ1v) is 9.45. The van der Waals surface area contributed by atoms with Crippen LogP contribution in [-0.4, -0.2) is 20.5 Å². The molecule has 5 heteroatoms. The molecule has 2 aromatic heterocycles. The molecule has 0 bridgehead atoms. The Labute approximate surface area is 155 Å². The lowest BCUT2D eigenvalue weighted by Crippen LogP contribution is -2.06. The second-order valence-corrected chi connectivity index (χ2v) is 6.98. The van der Waals surface area contributed by atoms with E-state index in [0.29, 0.717) is 12.1 Å². The van der Waals surface area contributed by atoms with Crippen molar-refractivity contribution in [2.75, 3.05) is 0 Å². The SMILES string of the molecule is CCCc1nc2scc(-c3ccc(-c4ccccc4)cc3)n2c1C(=O)O. The second kappa shape index (κ2) is 6.77. The van der Waals surface area contributed by atoms with Crippen LogP contribution in [0.4, 0.5) is 0 Å². The molecule has 0 aliphatic carbocycles. The van der Waals surface area contributed by atoms with Gasteiger partial charge in [0.2, 0.25) is 0 Å². The second-order valence-electron chi connectivity index (χ2n) is 6.14. The van der Waals surface area contributed by atoms with Crippen LogP contribution in [0, 0.1) is 0 Å². The molecular formula is C21H18N2O2S. The highest BCUT2D eigenvalue weighted by Gasteiger charge is 2.22. The summed E-state index contributed by atoms with van der Waals surface area (Å²) in [4.78, 5) is 17.1. The summed E-state index contributed by atoms with van der Waals surface area (Å²) in [5, 5.41) is 11.7. The van der Waals surface area contributed by atoms with Gasteiger partial charge in [-0.05, 0) is 23.1 Å². The summed E-state index contributed by atoms with van der Waals surface area (Å²) in [5.74, 6) is -0.929. The fraction of sp³-hybridized carbons (Fsp3) is 0.143. The van der Waals surface area contributed by atoms with E-state index in [0.717, 1.165) is 33.8 Å². The lowest BCUT2D eigenvalue weighted by atomic mass is 10.0. The third-order valence-electron chi connectivity index (χ3n) is 4.41. The first kappa shape index (κ1) is 16.5. The Morgan fingerprint density at radius 1 is 1.04 bits per heavy atom. The van der Waals surface area contributed by atoms with Crippen molar-refractivity contribution < 1.29 is 9.90 Å². The van der Waals surface area contributed by atoms with E-state index in [9.17, 15) is 9.90 Å². The number of aryl methyl sites for hydroxylation is 1. The van der Waals surface area contributed by atoms with E-state index in [1.165, 1.54) is 11.3 Å². The number of hydrogen-bond acceptors (Lipinski definition) is 3. The third-order valence-corrected chi connectivity index (χ3v) is 5.24. The summed E-state index contributed by atoms with van der Waals surface area (Å²) in [6.45, 7) is 2.03.